The van der Waals surface area contributed by atoms with E-state index in [0.29, 0.717) is 12.5 Å². The third kappa shape index (κ3) is 2.49. The number of aryl methyl sites for hydroxylation is 1. The Morgan fingerprint density at radius 1 is 1.65 bits per heavy atom. The van der Waals surface area contributed by atoms with Crippen LogP contribution in [0.4, 0.5) is 10.6 Å². The lowest BCUT2D eigenvalue weighted by molar-refractivity contribution is 0.138. The Balaban J connectivity index is 2.10. The predicted octanol–water partition coefficient (Wildman–Crippen LogP) is 1.24. The van der Waals surface area contributed by atoms with E-state index in [0.717, 1.165) is 24.4 Å². The van der Waals surface area contributed by atoms with Crippen molar-refractivity contribution in [2.45, 2.75) is 19.8 Å². The molecule has 5 nitrogen and oxygen atoms in total. The number of pyridine rings is 1. The molecule has 17 heavy (non-hydrogen) atoms. The van der Waals surface area contributed by atoms with Crippen LogP contribution >= 0.6 is 0 Å². The first kappa shape index (κ1) is 11.7. The average Bonchev–Trinajstić information content (AvgIpc) is 2.69. The molecule has 5 heteroatoms. The Kier molecular flexibility index (Phi) is 3.17. The normalized spacial score (nSPS) is 17.6. The third-order valence-electron chi connectivity index (χ3n) is 3.14. The van der Waals surface area contributed by atoms with Crippen LogP contribution in [0, 0.1) is 12.8 Å². The van der Waals surface area contributed by atoms with E-state index in [-0.39, 0.29) is 0 Å². The molecular weight excluding hydrogens is 218 g/mol. The number of hydrogen-bond acceptors (Lipinski definition) is 4. The smallest absolute Gasteiger partial charge is 0.404 e. The number of rotatable bonds is 3. The number of carbonyl (C=O) groups excluding carboxylic acids is 1. The fraction of sp³-hybridized carbons (Fsp3) is 0.500. The minimum absolute atomic E-state index is 0.324. The quantitative estimate of drug-likeness (QED) is 0.826. The number of nitrogens with zero attached hydrogens (tertiary/aromatic N) is 1. The van der Waals surface area contributed by atoms with E-state index in [1.807, 2.05) is 14.0 Å². The van der Waals surface area contributed by atoms with Crippen molar-refractivity contribution in [1.82, 2.24) is 4.98 Å². The van der Waals surface area contributed by atoms with Crippen molar-refractivity contribution < 1.29 is 9.53 Å². The molecule has 0 fully saturated rings. The summed E-state index contributed by atoms with van der Waals surface area (Å²) in [4.78, 5) is 15.0. The Hall–Kier alpha value is -1.78. The van der Waals surface area contributed by atoms with Crippen LogP contribution in [0.2, 0.25) is 0 Å². The zero-order valence-electron chi connectivity index (χ0n) is 10.1. The van der Waals surface area contributed by atoms with Gasteiger partial charge in [-0.3, -0.25) is 0 Å². The molecule has 1 amide bonds. The summed E-state index contributed by atoms with van der Waals surface area (Å²) in [6.07, 6.45) is 1.12. The molecule has 0 aromatic carbocycles. The van der Waals surface area contributed by atoms with E-state index in [1.165, 1.54) is 11.1 Å². The van der Waals surface area contributed by atoms with Crippen molar-refractivity contribution in [3.63, 3.8) is 0 Å². The summed E-state index contributed by atoms with van der Waals surface area (Å²) in [5.74, 6) is 1.21. The summed E-state index contributed by atoms with van der Waals surface area (Å²) in [5, 5.41) is 3.05. The second-order valence-corrected chi connectivity index (χ2v) is 4.38. The fourth-order valence-electron chi connectivity index (χ4n) is 2.34. The van der Waals surface area contributed by atoms with Gasteiger partial charge in [0, 0.05) is 18.7 Å². The van der Waals surface area contributed by atoms with E-state index in [4.69, 9.17) is 10.5 Å². The van der Waals surface area contributed by atoms with Crippen LogP contribution < -0.4 is 11.1 Å². The summed E-state index contributed by atoms with van der Waals surface area (Å²) in [6, 6.07) is 2.06. The third-order valence-corrected chi connectivity index (χ3v) is 3.14. The predicted molar refractivity (Wildman–Crippen MR) is 65.0 cm³/mol. The number of ether oxygens (including phenoxy) is 1. The molecule has 0 spiro atoms. The number of fused-ring (bicyclic) bond motifs is 1. The molecule has 0 aliphatic heterocycles. The van der Waals surface area contributed by atoms with Gasteiger partial charge in [0.1, 0.15) is 5.82 Å². The van der Waals surface area contributed by atoms with Gasteiger partial charge in [-0.25, -0.2) is 9.78 Å². The Morgan fingerprint density at radius 3 is 3.06 bits per heavy atom. The number of hydrogen-bond donors (Lipinski definition) is 2. The van der Waals surface area contributed by atoms with Crippen LogP contribution in [-0.2, 0) is 17.6 Å². The number of aromatic nitrogens is 1. The van der Waals surface area contributed by atoms with E-state index >= 15 is 0 Å². The summed E-state index contributed by atoms with van der Waals surface area (Å²) >= 11 is 0. The lowest BCUT2D eigenvalue weighted by Crippen LogP contribution is -2.19. The molecule has 92 valence electrons. The second kappa shape index (κ2) is 4.61. The summed E-state index contributed by atoms with van der Waals surface area (Å²) < 4.78 is 4.86. The van der Waals surface area contributed by atoms with Crippen LogP contribution in [0.25, 0.3) is 0 Å². The van der Waals surface area contributed by atoms with Gasteiger partial charge in [-0.15, -0.1) is 0 Å². The lowest BCUT2D eigenvalue weighted by Gasteiger charge is -2.07. The highest BCUT2D eigenvalue weighted by Gasteiger charge is 2.25. The number of primary amides is 1. The van der Waals surface area contributed by atoms with Crippen molar-refractivity contribution in [2.75, 3.05) is 19.0 Å². The highest BCUT2D eigenvalue weighted by molar-refractivity contribution is 5.64. The van der Waals surface area contributed by atoms with E-state index in [9.17, 15) is 4.79 Å². The maximum absolute atomic E-state index is 10.6. The van der Waals surface area contributed by atoms with Gasteiger partial charge < -0.3 is 15.8 Å². The van der Waals surface area contributed by atoms with Gasteiger partial charge in [0.2, 0.25) is 0 Å². The number of carbonyl (C=O) groups is 1. The Bertz CT molecular complexity index is 446. The van der Waals surface area contributed by atoms with Gasteiger partial charge in [0.05, 0.1) is 6.61 Å². The molecule has 1 aromatic rings. The molecule has 1 aliphatic rings. The van der Waals surface area contributed by atoms with Crippen LogP contribution in [0.1, 0.15) is 16.8 Å². The van der Waals surface area contributed by atoms with Crippen molar-refractivity contribution in [2.24, 2.45) is 11.7 Å². The van der Waals surface area contributed by atoms with Crippen LogP contribution in [0.15, 0.2) is 6.07 Å². The lowest BCUT2D eigenvalue weighted by atomic mass is 10.1. The zero-order chi connectivity index (χ0) is 12.4. The van der Waals surface area contributed by atoms with Gasteiger partial charge >= 0.3 is 6.09 Å². The number of amides is 1. The van der Waals surface area contributed by atoms with Crippen molar-refractivity contribution in [3.8, 4) is 0 Å². The Labute approximate surface area is 100 Å². The van der Waals surface area contributed by atoms with Crippen LogP contribution in [-0.4, -0.2) is 24.7 Å². The topological polar surface area (TPSA) is 77.2 Å². The SMILES string of the molecule is CNc1cc2c(c(C)n1)CC(COC(N)=O)C2. The first-order valence-electron chi connectivity index (χ1n) is 5.69. The molecule has 0 radical (unpaired) electrons. The summed E-state index contributed by atoms with van der Waals surface area (Å²) in [7, 11) is 1.86. The van der Waals surface area contributed by atoms with Gasteiger partial charge in [-0.2, -0.15) is 0 Å². The molecule has 0 bridgehead atoms. The van der Waals surface area contributed by atoms with Crippen LogP contribution in [0.5, 0.6) is 0 Å². The number of anilines is 1. The number of nitrogens with two attached hydrogens (primary N) is 1. The van der Waals surface area contributed by atoms with Gasteiger partial charge in [-0.05, 0) is 37.0 Å². The van der Waals surface area contributed by atoms with E-state index in [2.05, 4.69) is 16.4 Å². The van der Waals surface area contributed by atoms with Crippen LogP contribution in [0.3, 0.4) is 0 Å². The molecule has 1 heterocycles. The number of nitrogens with one attached hydrogen (secondary N) is 1. The van der Waals surface area contributed by atoms with Gasteiger partial charge in [0.25, 0.3) is 0 Å². The fourth-order valence-corrected chi connectivity index (χ4v) is 2.34. The molecule has 2 rings (SSSR count). The first-order chi connectivity index (χ1) is 8.10. The molecule has 1 unspecified atom stereocenters. The maximum atomic E-state index is 10.6. The zero-order valence-corrected chi connectivity index (χ0v) is 10.1. The summed E-state index contributed by atoms with van der Waals surface area (Å²) in [5.41, 5.74) is 8.59. The standard InChI is InChI=1S/C12H17N3O2/c1-7-10-4-8(6-17-12(13)16)3-9(10)5-11(14-2)15-7/h5,8H,3-4,6H2,1-2H3,(H2,13,16)(H,14,15). The molecule has 3 N–H and O–H groups in total. The van der Waals surface area contributed by atoms with Crippen molar-refractivity contribution in [1.29, 1.82) is 0 Å². The minimum atomic E-state index is -0.702. The largest absolute Gasteiger partial charge is 0.449 e. The monoisotopic (exact) mass is 235 g/mol. The molecule has 1 aliphatic carbocycles. The highest BCUT2D eigenvalue weighted by Crippen LogP contribution is 2.30. The minimum Gasteiger partial charge on any atom is -0.449 e. The molecule has 1 aromatic heterocycles. The van der Waals surface area contributed by atoms with Gasteiger partial charge in [-0.1, -0.05) is 0 Å². The molecule has 0 saturated carbocycles. The van der Waals surface area contributed by atoms with Crippen molar-refractivity contribution >= 4 is 11.9 Å². The van der Waals surface area contributed by atoms with E-state index in [1.54, 1.807) is 0 Å². The summed E-state index contributed by atoms with van der Waals surface area (Å²) in [6.45, 7) is 2.40. The molecular formula is C12H17N3O2. The first-order valence-corrected chi connectivity index (χ1v) is 5.69. The Morgan fingerprint density at radius 2 is 2.41 bits per heavy atom. The second-order valence-electron chi connectivity index (χ2n) is 4.38. The molecule has 1 atom stereocenters. The van der Waals surface area contributed by atoms with Crippen molar-refractivity contribution in [3.05, 3.63) is 22.9 Å². The van der Waals surface area contributed by atoms with E-state index < -0.39 is 6.09 Å². The highest BCUT2D eigenvalue weighted by atomic mass is 16.5. The molecule has 0 saturated heterocycles. The average molecular weight is 235 g/mol. The van der Waals surface area contributed by atoms with Gasteiger partial charge in [0.15, 0.2) is 0 Å². The maximum Gasteiger partial charge on any atom is 0.404 e.